The van der Waals surface area contributed by atoms with Crippen LogP contribution in [0.4, 0.5) is 0 Å². The number of rotatable bonds is 9. The van der Waals surface area contributed by atoms with Gasteiger partial charge in [0.2, 0.25) is 0 Å². The minimum Gasteiger partial charge on any atom is -0.493 e. The average molecular weight is 700 g/mol. The Morgan fingerprint density at radius 3 is 2.53 bits per heavy atom. The van der Waals surface area contributed by atoms with Crippen molar-refractivity contribution in [3.05, 3.63) is 118 Å². The van der Waals surface area contributed by atoms with Gasteiger partial charge in [-0.3, -0.25) is 9.36 Å². The molecule has 1 atom stereocenters. The Hall–Kier alpha value is -3.31. The van der Waals surface area contributed by atoms with E-state index in [0.29, 0.717) is 48.2 Å². The number of halogens is 2. The zero-order valence-corrected chi connectivity index (χ0v) is 27.8. The van der Waals surface area contributed by atoms with Gasteiger partial charge in [-0.15, -0.1) is 11.8 Å². The third-order valence-electron chi connectivity index (χ3n) is 6.79. The molecule has 1 aliphatic rings. The summed E-state index contributed by atoms with van der Waals surface area (Å²) in [6, 6.07) is 18.3. The van der Waals surface area contributed by atoms with Crippen molar-refractivity contribution in [2.75, 3.05) is 20.0 Å². The summed E-state index contributed by atoms with van der Waals surface area (Å²) in [5.41, 5.74) is 3.11. The highest BCUT2D eigenvalue weighted by Crippen LogP contribution is 2.37. The quantitative estimate of drug-likeness (QED) is 0.146. The van der Waals surface area contributed by atoms with Gasteiger partial charge in [0, 0.05) is 9.92 Å². The van der Waals surface area contributed by atoms with E-state index in [4.69, 9.17) is 25.8 Å². The number of benzene rings is 3. The Bertz CT molecular complexity index is 1880. The van der Waals surface area contributed by atoms with E-state index >= 15 is 0 Å². The molecule has 0 fully saturated rings. The molecule has 1 aliphatic heterocycles. The molecular formula is C32H28BrClN2O5S2. The Kier molecular flexibility index (Phi) is 9.81. The van der Waals surface area contributed by atoms with Gasteiger partial charge >= 0.3 is 5.97 Å². The minimum atomic E-state index is -0.668. The molecule has 222 valence electrons. The van der Waals surface area contributed by atoms with E-state index in [1.54, 1.807) is 43.4 Å². The number of methoxy groups -OCH3 is 1. The second-order valence-electron chi connectivity index (χ2n) is 9.52. The highest BCUT2D eigenvalue weighted by atomic mass is 79.9. The zero-order chi connectivity index (χ0) is 30.7. The normalized spacial score (nSPS) is 14.7. The second-order valence-corrected chi connectivity index (χ2v) is 12.7. The van der Waals surface area contributed by atoms with Crippen molar-refractivity contribution < 1.29 is 19.0 Å². The predicted molar refractivity (Wildman–Crippen MR) is 175 cm³/mol. The molecule has 0 spiro atoms. The Balaban J connectivity index is 1.56. The van der Waals surface area contributed by atoms with Gasteiger partial charge in [0.1, 0.15) is 6.61 Å². The molecule has 2 heterocycles. The van der Waals surface area contributed by atoms with Gasteiger partial charge in [0.05, 0.1) is 40.0 Å². The number of hydrogen-bond acceptors (Lipinski definition) is 8. The molecule has 1 aromatic heterocycles. The van der Waals surface area contributed by atoms with Crippen molar-refractivity contribution in [1.29, 1.82) is 0 Å². The van der Waals surface area contributed by atoms with Crippen LogP contribution in [0.15, 0.2) is 91.1 Å². The first-order valence-corrected chi connectivity index (χ1v) is 16.5. The molecule has 0 N–H and O–H groups in total. The number of nitrogens with zero attached hydrogens (tertiary/aromatic N) is 2. The largest absolute Gasteiger partial charge is 0.493 e. The maximum absolute atomic E-state index is 14.0. The maximum atomic E-state index is 14.0. The highest BCUT2D eigenvalue weighted by molar-refractivity contribution is 9.10. The summed E-state index contributed by atoms with van der Waals surface area (Å²) in [6.45, 7) is 4.07. The molecule has 5 rings (SSSR count). The molecule has 11 heteroatoms. The van der Waals surface area contributed by atoms with Crippen LogP contribution in [-0.4, -0.2) is 30.5 Å². The zero-order valence-electron chi connectivity index (χ0n) is 23.9. The van der Waals surface area contributed by atoms with E-state index in [1.165, 1.54) is 11.3 Å². The van der Waals surface area contributed by atoms with Gasteiger partial charge in [-0.25, -0.2) is 9.79 Å². The lowest BCUT2D eigenvalue weighted by Crippen LogP contribution is -2.39. The van der Waals surface area contributed by atoms with Crippen molar-refractivity contribution in [3.8, 4) is 11.5 Å². The van der Waals surface area contributed by atoms with Crippen LogP contribution in [0, 0.1) is 0 Å². The lowest BCUT2D eigenvalue weighted by Gasteiger charge is -2.24. The molecule has 0 saturated heterocycles. The van der Waals surface area contributed by atoms with E-state index < -0.39 is 12.0 Å². The number of esters is 1. The number of fused-ring (bicyclic) bond motifs is 1. The molecule has 4 aromatic rings. The highest BCUT2D eigenvalue weighted by Gasteiger charge is 2.33. The van der Waals surface area contributed by atoms with Crippen LogP contribution >= 0.6 is 50.6 Å². The van der Waals surface area contributed by atoms with Crippen molar-refractivity contribution in [1.82, 2.24) is 4.57 Å². The van der Waals surface area contributed by atoms with Crippen LogP contribution in [0.5, 0.6) is 11.5 Å². The molecule has 0 bridgehead atoms. The summed E-state index contributed by atoms with van der Waals surface area (Å²) in [5, 5.41) is 0.657. The van der Waals surface area contributed by atoms with Crippen molar-refractivity contribution in [2.45, 2.75) is 31.4 Å². The summed E-state index contributed by atoms with van der Waals surface area (Å²) >= 11 is 12.5. The number of aromatic nitrogens is 1. The third kappa shape index (κ3) is 6.62. The lowest BCUT2D eigenvalue weighted by atomic mass is 9.96. The van der Waals surface area contributed by atoms with Gasteiger partial charge in [0.15, 0.2) is 16.3 Å². The number of ether oxygens (including phenoxy) is 3. The fraction of sp³-hybridized carbons (Fsp3) is 0.219. The first kappa shape index (κ1) is 31.1. The number of hydrogen-bond donors (Lipinski definition) is 0. The number of thiazole rings is 1. The smallest absolute Gasteiger partial charge is 0.338 e. The minimum absolute atomic E-state index is 0.217. The Labute approximate surface area is 270 Å². The van der Waals surface area contributed by atoms with Crippen LogP contribution in [-0.2, 0) is 16.1 Å². The SMILES string of the molecule is CCOC(=O)C1=C(C)N=c2s/c(=C\c3cc(Br)c(OCc4ccc(Cl)cc4)c(OC)c3)c(=O)n2[C@H]1c1ccc(SC)cc1. The first-order valence-electron chi connectivity index (χ1n) is 13.3. The standard InChI is InChI=1S/C32H28BrClN2O5S2/c1-5-40-31(38)27-18(2)35-32-36(28(27)21-8-12-23(42-4)13-9-21)30(37)26(43-32)16-20-14-24(33)29(25(15-20)39-3)41-17-19-6-10-22(34)11-7-19/h6-16,28H,5,17H2,1-4H3/b26-16-/t28-/m0/s1. The van der Waals surface area contributed by atoms with Gasteiger partial charge in [-0.05, 0) is 95.2 Å². The molecule has 0 unspecified atom stereocenters. The second kappa shape index (κ2) is 13.5. The van der Waals surface area contributed by atoms with Crippen LogP contribution < -0.4 is 24.4 Å². The van der Waals surface area contributed by atoms with Gasteiger partial charge in [-0.2, -0.15) is 0 Å². The van der Waals surface area contributed by atoms with Gasteiger partial charge < -0.3 is 14.2 Å². The molecule has 0 saturated carbocycles. The van der Waals surface area contributed by atoms with E-state index in [2.05, 4.69) is 20.9 Å². The molecule has 0 radical (unpaired) electrons. The summed E-state index contributed by atoms with van der Waals surface area (Å²) in [6.07, 6.45) is 3.79. The van der Waals surface area contributed by atoms with Crippen LogP contribution in [0.3, 0.4) is 0 Å². The van der Waals surface area contributed by atoms with Crippen molar-refractivity contribution >= 4 is 62.7 Å². The topological polar surface area (TPSA) is 79.1 Å². The summed E-state index contributed by atoms with van der Waals surface area (Å²) in [5.74, 6) is 0.564. The maximum Gasteiger partial charge on any atom is 0.338 e. The Morgan fingerprint density at radius 2 is 1.88 bits per heavy atom. The van der Waals surface area contributed by atoms with E-state index in [9.17, 15) is 9.59 Å². The monoisotopic (exact) mass is 698 g/mol. The summed E-state index contributed by atoms with van der Waals surface area (Å²) in [4.78, 5) is 33.4. The fourth-order valence-corrected chi connectivity index (χ4v) is 6.90. The first-order chi connectivity index (χ1) is 20.7. The van der Waals surface area contributed by atoms with Crippen LogP contribution in [0.1, 0.15) is 36.6 Å². The lowest BCUT2D eigenvalue weighted by molar-refractivity contribution is -0.139. The van der Waals surface area contributed by atoms with Gasteiger partial charge in [0.25, 0.3) is 5.56 Å². The molecule has 7 nitrogen and oxygen atoms in total. The summed E-state index contributed by atoms with van der Waals surface area (Å²) in [7, 11) is 1.57. The number of allylic oxidation sites excluding steroid dienone is 1. The third-order valence-corrected chi connectivity index (χ3v) is 9.36. The average Bonchev–Trinajstić information content (AvgIpc) is 3.30. The molecule has 3 aromatic carbocycles. The van der Waals surface area contributed by atoms with Crippen molar-refractivity contribution in [3.63, 3.8) is 0 Å². The van der Waals surface area contributed by atoms with Crippen LogP contribution in [0.25, 0.3) is 6.08 Å². The number of carbonyl (C=O) groups excluding carboxylic acids is 1. The van der Waals surface area contributed by atoms with Crippen LogP contribution in [0.2, 0.25) is 5.02 Å². The summed E-state index contributed by atoms with van der Waals surface area (Å²) < 4.78 is 19.8. The fourth-order valence-electron chi connectivity index (χ4n) is 4.74. The predicted octanol–water partition coefficient (Wildman–Crippen LogP) is 6.52. The Morgan fingerprint density at radius 1 is 1.16 bits per heavy atom. The molecule has 0 aliphatic carbocycles. The number of carbonyl (C=O) groups is 1. The van der Waals surface area contributed by atoms with Crippen molar-refractivity contribution in [2.24, 2.45) is 4.99 Å². The van der Waals surface area contributed by atoms with E-state index in [0.717, 1.165) is 21.6 Å². The molecule has 43 heavy (non-hydrogen) atoms. The molecule has 0 amide bonds. The van der Waals surface area contributed by atoms with E-state index in [1.807, 2.05) is 66.9 Å². The number of thioether (sulfide) groups is 1. The van der Waals surface area contributed by atoms with E-state index in [-0.39, 0.29) is 12.2 Å². The van der Waals surface area contributed by atoms with Gasteiger partial charge in [-0.1, -0.05) is 47.2 Å². The molecular weight excluding hydrogens is 672 g/mol.